The lowest BCUT2D eigenvalue weighted by Gasteiger charge is -2.39. The number of tetrazole rings is 2. The van der Waals surface area contributed by atoms with Gasteiger partial charge in [0, 0.05) is 64.2 Å². The second kappa shape index (κ2) is 23.3. The number of carbonyl (C=O) groups excluding carboxylic acids is 1. The maximum absolute atomic E-state index is 14.2. The fourth-order valence-electron chi connectivity index (χ4n) is 11.4. The summed E-state index contributed by atoms with van der Waals surface area (Å²) in [6.07, 6.45) is 5.12. The molecule has 2 aliphatic carbocycles. The third kappa shape index (κ3) is 10.9. The fourth-order valence-corrected chi connectivity index (χ4v) is 11.4. The number of imidazole rings is 2. The highest BCUT2D eigenvalue weighted by Gasteiger charge is 2.47. The standard InChI is InChI=1S/C47H66N28O7/c1-3-72-64-33(60-66-72)5-11-48-45-56-41(35-43(58-45)70(23-50-35)29-17-31(39(80)37(29)78)74-52-19-27(21-76)62-74)54-25-7-13-68(14-8-25)47(82)69-15-9-26(10-16-69)55-42-36-44(59-46(57-42)49-12-6-34-61-67-73(4-2)65-34)71(24-51-36)30-18-32(40(81)38(30)79)75-53-20-28(22-77)63-75/h19-20,23-26,29-32,37-40,76-81H,3-18,21-22H2,1-2H3,(H2,48,54,56,58)(H2,49,55,57,59)/t29-,30-,31+,32+,37+,38+,39-,40-/m1/s1. The summed E-state index contributed by atoms with van der Waals surface area (Å²) >= 11 is 0. The molecular formula is C47H66N28O7. The van der Waals surface area contributed by atoms with Crippen LogP contribution in [0.3, 0.4) is 0 Å². The molecule has 0 aromatic carbocycles. The van der Waals surface area contributed by atoms with E-state index >= 15 is 0 Å². The van der Waals surface area contributed by atoms with Crippen molar-refractivity contribution in [3.8, 4) is 0 Å². The monoisotopic (exact) mass is 1130 g/mol. The van der Waals surface area contributed by atoms with Crippen molar-refractivity contribution in [3.05, 3.63) is 48.1 Å². The van der Waals surface area contributed by atoms with E-state index in [1.165, 1.54) is 31.6 Å². The van der Waals surface area contributed by atoms with Gasteiger partial charge in [0.05, 0.1) is 63.4 Å². The summed E-state index contributed by atoms with van der Waals surface area (Å²) in [4.78, 5) is 52.5. The molecule has 12 rings (SSSR count). The van der Waals surface area contributed by atoms with Crippen molar-refractivity contribution in [2.45, 2.75) is 152 Å². The molecule has 2 saturated carbocycles. The Labute approximate surface area is 466 Å². The van der Waals surface area contributed by atoms with Crippen LogP contribution in [0, 0.1) is 0 Å². The third-order valence-corrected chi connectivity index (χ3v) is 15.9. The van der Waals surface area contributed by atoms with Crippen LogP contribution in [0.4, 0.5) is 28.3 Å². The Morgan fingerprint density at radius 1 is 0.573 bits per heavy atom. The Morgan fingerprint density at radius 2 is 0.988 bits per heavy atom. The number of piperidine rings is 2. The summed E-state index contributed by atoms with van der Waals surface area (Å²) in [7, 11) is 0. The molecule has 2 amide bonds. The summed E-state index contributed by atoms with van der Waals surface area (Å²) in [6, 6.07) is -2.82. The Balaban J connectivity index is 0.701. The first-order chi connectivity index (χ1) is 39.9. The van der Waals surface area contributed by atoms with E-state index < -0.39 is 48.6 Å². The Hall–Kier alpha value is -8.25. The molecule has 2 aliphatic heterocycles. The van der Waals surface area contributed by atoms with Crippen molar-refractivity contribution >= 4 is 51.9 Å². The lowest BCUT2D eigenvalue weighted by molar-refractivity contribution is 0.00491. The number of anilines is 4. The molecule has 0 spiro atoms. The molecule has 8 aromatic rings. The number of amides is 2. The van der Waals surface area contributed by atoms with Gasteiger partial charge in [0.25, 0.3) is 0 Å². The van der Waals surface area contributed by atoms with Gasteiger partial charge in [-0.3, -0.25) is 0 Å². The Morgan fingerprint density at radius 3 is 1.37 bits per heavy atom. The molecule has 35 nitrogen and oxygen atoms in total. The summed E-state index contributed by atoms with van der Waals surface area (Å²) < 4.78 is 3.49. The van der Waals surface area contributed by atoms with Crippen LogP contribution < -0.4 is 21.3 Å². The lowest BCUT2D eigenvalue weighted by atomic mass is 10.0. The van der Waals surface area contributed by atoms with E-state index in [1.54, 1.807) is 21.8 Å². The summed E-state index contributed by atoms with van der Waals surface area (Å²) in [6.45, 7) is 7.22. The molecule has 436 valence electrons. The van der Waals surface area contributed by atoms with Crippen LogP contribution in [-0.4, -0.2) is 232 Å². The Kier molecular flexibility index (Phi) is 15.4. The number of rotatable bonds is 20. The van der Waals surface area contributed by atoms with Gasteiger partial charge in [-0.15, -0.1) is 20.4 Å². The molecule has 10 heterocycles. The third-order valence-electron chi connectivity index (χ3n) is 15.9. The number of hydrogen-bond acceptors (Lipinski definition) is 27. The summed E-state index contributed by atoms with van der Waals surface area (Å²) in [5.74, 6) is 2.68. The number of fused-ring (bicyclic) bond motifs is 2. The van der Waals surface area contributed by atoms with Crippen molar-refractivity contribution in [3.63, 3.8) is 0 Å². The number of likely N-dealkylation sites (tertiary alicyclic amines) is 2. The number of carbonyl (C=O) groups is 1. The second-order valence-corrected chi connectivity index (χ2v) is 21.0. The van der Waals surface area contributed by atoms with E-state index in [0.29, 0.717) is 160 Å². The van der Waals surface area contributed by atoms with Crippen LogP contribution in [0.1, 0.15) is 99.6 Å². The summed E-state index contributed by atoms with van der Waals surface area (Å²) in [5.41, 5.74) is 2.49. The minimum Gasteiger partial charge on any atom is -0.390 e. The molecule has 0 unspecified atom stereocenters. The number of nitrogens with zero attached hydrogens (tertiary/aromatic N) is 24. The molecule has 35 heteroatoms. The number of aryl methyl sites for hydroxylation is 2. The van der Waals surface area contributed by atoms with E-state index in [1.807, 2.05) is 23.6 Å². The predicted molar refractivity (Wildman–Crippen MR) is 285 cm³/mol. The van der Waals surface area contributed by atoms with Gasteiger partial charge in [-0.1, -0.05) is 0 Å². The first-order valence-corrected chi connectivity index (χ1v) is 27.8. The minimum absolute atomic E-state index is 0.0369. The molecular weight excluding hydrogens is 1070 g/mol. The van der Waals surface area contributed by atoms with E-state index in [-0.39, 0.29) is 44.2 Å². The smallest absolute Gasteiger partial charge is 0.320 e. The molecule has 0 radical (unpaired) electrons. The van der Waals surface area contributed by atoms with E-state index in [4.69, 9.17) is 29.9 Å². The van der Waals surface area contributed by atoms with Crippen molar-refractivity contribution in [1.82, 2.24) is 119 Å². The Bertz CT molecular complexity index is 3250. The van der Waals surface area contributed by atoms with Crippen LogP contribution in [0.5, 0.6) is 0 Å². The van der Waals surface area contributed by atoms with Gasteiger partial charge in [-0.05, 0) is 62.8 Å². The second-order valence-electron chi connectivity index (χ2n) is 21.0. The summed E-state index contributed by atoms with van der Waals surface area (Å²) in [5, 5.41) is 120. The predicted octanol–water partition coefficient (Wildman–Crippen LogP) is -2.16. The van der Waals surface area contributed by atoms with Gasteiger partial charge >= 0.3 is 6.03 Å². The highest BCUT2D eigenvalue weighted by molar-refractivity contribution is 5.85. The largest absolute Gasteiger partial charge is 0.390 e. The van der Waals surface area contributed by atoms with E-state index in [9.17, 15) is 35.4 Å². The number of aliphatic hydroxyl groups excluding tert-OH is 6. The van der Waals surface area contributed by atoms with Crippen molar-refractivity contribution in [2.24, 2.45) is 0 Å². The van der Waals surface area contributed by atoms with Gasteiger partial charge in [-0.25, -0.2) is 14.8 Å². The van der Waals surface area contributed by atoms with Crippen LogP contribution in [-0.2, 0) is 39.1 Å². The van der Waals surface area contributed by atoms with Crippen LogP contribution in [0.15, 0.2) is 25.0 Å². The first kappa shape index (κ1) is 54.3. The fraction of sp³-hybridized carbons (Fsp3) is 0.638. The zero-order valence-corrected chi connectivity index (χ0v) is 45.1. The highest BCUT2D eigenvalue weighted by atomic mass is 16.3. The number of aromatic nitrogens is 22. The SMILES string of the molecule is CCn1nnc(CCNc2nc(NC3CCN(C(=O)N4CCC(Nc5nc(NCCc6nnn(CC)n6)nc6c5ncn6[C@@H]5C[C@H](n6ncc(CO)n6)[C@@H](O)[C@H]5O)CC4)CC3)c3ncn([C@@H]4C[C@H](n5ncc(CO)n5)[C@@H](O)[C@H]4O)c3n2)n1. The van der Waals surface area contributed by atoms with Gasteiger partial charge in [-0.2, -0.15) is 59.5 Å². The van der Waals surface area contributed by atoms with E-state index in [0.717, 1.165) is 0 Å². The van der Waals surface area contributed by atoms with Gasteiger partial charge in [0.2, 0.25) is 11.9 Å². The van der Waals surface area contributed by atoms with E-state index in [2.05, 4.69) is 72.5 Å². The van der Waals surface area contributed by atoms with Gasteiger partial charge in [0.15, 0.2) is 45.6 Å². The zero-order chi connectivity index (χ0) is 56.6. The number of nitrogens with one attached hydrogen (secondary N) is 4. The van der Waals surface area contributed by atoms with Crippen LogP contribution in [0.2, 0.25) is 0 Å². The number of hydrogen-bond donors (Lipinski definition) is 10. The molecule has 0 bridgehead atoms. The molecule has 2 saturated heterocycles. The normalized spacial score (nSPS) is 23.7. The number of aliphatic hydroxyl groups is 6. The minimum atomic E-state index is -1.21. The highest BCUT2D eigenvalue weighted by Crippen LogP contribution is 2.41. The molecule has 4 aliphatic rings. The molecule has 8 atom stereocenters. The maximum atomic E-state index is 14.2. The molecule has 4 fully saturated rings. The zero-order valence-electron chi connectivity index (χ0n) is 45.1. The maximum Gasteiger partial charge on any atom is 0.320 e. The van der Waals surface area contributed by atoms with Crippen LogP contribution in [0.25, 0.3) is 22.3 Å². The van der Waals surface area contributed by atoms with Gasteiger partial charge in [0.1, 0.15) is 47.9 Å². The lowest BCUT2D eigenvalue weighted by Crippen LogP contribution is -2.51. The van der Waals surface area contributed by atoms with Crippen molar-refractivity contribution in [1.29, 1.82) is 0 Å². The molecule has 82 heavy (non-hydrogen) atoms. The quantitative estimate of drug-likeness (QED) is 0.0389. The number of urea groups is 1. The molecule has 10 N–H and O–H groups in total. The average Bonchev–Trinajstić information content (AvgIpc) is 4.10. The van der Waals surface area contributed by atoms with Crippen molar-refractivity contribution in [2.75, 3.05) is 60.5 Å². The molecule has 8 aromatic heterocycles. The van der Waals surface area contributed by atoms with Gasteiger partial charge < -0.3 is 70.8 Å². The topological polar surface area (TPSA) is 429 Å². The first-order valence-electron chi connectivity index (χ1n) is 27.8. The average molecular weight is 1140 g/mol. The van der Waals surface area contributed by atoms with Crippen molar-refractivity contribution < 1.29 is 35.4 Å². The van der Waals surface area contributed by atoms with Crippen LogP contribution >= 0.6 is 0 Å².